The molecular formula is C43H63ClIN5O8S. The van der Waals surface area contributed by atoms with Crippen molar-refractivity contribution >= 4 is 61.7 Å². The zero-order chi connectivity index (χ0) is 42.6. The Morgan fingerprint density at radius 2 is 1.80 bits per heavy atom. The minimum absolute atomic E-state index is 0.000860. The number of hydrogen-bond acceptors (Lipinski definition) is 12. The number of alkyl halides is 1. The van der Waals surface area contributed by atoms with Crippen LogP contribution in [-0.4, -0.2) is 133 Å². The van der Waals surface area contributed by atoms with Gasteiger partial charge in [-0.05, 0) is 103 Å². The molecule has 1 saturated carbocycles. The van der Waals surface area contributed by atoms with Crippen molar-refractivity contribution in [3.8, 4) is 5.75 Å². The van der Waals surface area contributed by atoms with Gasteiger partial charge in [0.1, 0.15) is 5.69 Å². The van der Waals surface area contributed by atoms with Crippen LogP contribution in [0, 0.1) is 17.8 Å². The molecule has 16 heteroatoms. The lowest BCUT2D eigenvalue weighted by Gasteiger charge is -2.43. The van der Waals surface area contributed by atoms with Gasteiger partial charge in [0, 0.05) is 83.6 Å². The van der Waals surface area contributed by atoms with Crippen LogP contribution in [0.15, 0.2) is 42.5 Å². The quantitative estimate of drug-likeness (QED) is 0.256. The molecule has 1 amide bonds. The summed E-state index contributed by atoms with van der Waals surface area (Å²) in [5.41, 5.74) is 2.08. The van der Waals surface area contributed by atoms with Crippen LogP contribution in [-0.2, 0) is 40.9 Å². The topological polar surface area (TPSA) is 149 Å². The number of rotatable bonds is 8. The largest absolute Gasteiger partial charge is 0.489 e. The maximum Gasteiger partial charge on any atom is 0.283 e. The number of halogens is 2. The number of piperazine rings is 1. The summed E-state index contributed by atoms with van der Waals surface area (Å²) in [5, 5.41) is 3.14. The fraction of sp³-hybridized carbons (Fsp3) is 0.651. The van der Waals surface area contributed by atoms with Gasteiger partial charge in [0.15, 0.2) is 17.4 Å². The molecule has 5 atom stereocenters. The molecule has 4 heterocycles. The number of allylic oxidation sites excluding steroid dienone is 2. The number of nitrogens with one attached hydrogen (secondary N) is 2. The van der Waals surface area contributed by atoms with Crippen molar-refractivity contribution in [3.63, 3.8) is 0 Å². The molecule has 59 heavy (non-hydrogen) atoms. The molecule has 2 aliphatic carbocycles. The van der Waals surface area contributed by atoms with E-state index in [4.69, 9.17) is 35.5 Å². The Morgan fingerprint density at radius 1 is 1.05 bits per heavy atom. The molecule has 3 aliphatic heterocycles. The fourth-order valence-corrected chi connectivity index (χ4v) is 11.0. The molecule has 0 radical (unpaired) electrons. The fourth-order valence-electron chi connectivity index (χ4n) is 9.15. The van der Waals surface area contributed by atoms with Crippen LogP contribution < -0.4 is 19.7 Å². The molecule has 7 rings (SSSR count). The number of methoxy groups -OCH3 is 3. The number of carbonyl (C=O) groups excluding carboxylic acids is 2. The first-order valence-corrected chi connectivity index (χ1v) is 24.8. The normalized spacial score (nSPS) is 27.3. The second kappa shape index (κ2) is 22.6. The Balaban J connectivity index is 0.000000375. The number of carbonyl (C=O) groups is 2. The summed E-state index contributed by atoms with van der Waals surface area (Å²) >= 11 is 8.53. The summed E-state index contributed by atoms with van der Waals surface area (Å²) in [6.45, 7) is 9.49. The molecule has 2 bridgehead atoms. The molecular weight excluding hydrogens is 909 g/mol. The van der Waals surface area contributed by atoms with Gasteiger partial charge >= 0.3 is 0 Å². The Bertz CT molecular complexity index is 1840. The molecule has 1 aromatic heterocycles. The molecule has 0 unspecified atom stereocenters. The second-order valence-corrected chi connectivity index (χ2v) is 18.6. The van der Waals surface area contributed by atoms with Crippen molar-refractivity contribution in [1.29, 1.82) is 0 Å². The number of ketones is 1. The van der Waals surface area contributed by atoms with E-state index in [1.165, 1.54) is 24.3 Å². The number of nitrogens with zero attached hydrogens (tertiary/aromatic N) is 3. The Hall–Kier alpha value is -2.38. The average Bonchev–Trinajstić information content (AvgIpc) is 3.36. The van der Waals surface area contributed by atoms with Crippen LogP contribution in [0.25, 0.3) is 0 Å². The van der Waals surface area contributed by atoms with Gasteiger partial charge in [0.05, 0.1) is 31.1 Å². The molecule has 2 N–H and O–H groups in total. The smallest absolute Gasteiger partial charge is 0.283 e. The van der Waals surface area contributed by atoms with Crippen LogP contribution in [0.2, 0.25) is 5.02 Å². The molecule has 1 saturated heterocycles. The van der Waals surface area contributed by atoms with Crippen LogP contribution >= 0.6 is 34.2 Å². The molecule has 5 aliphatic rings. The first-order valence-electron chi connectivity index (χ1n) is 20.7. The third-order valence-electron chi connectivity index (χ3n) is 12.4. The number of aromatic nitrogens is 1. The van der Waals surface area contributed by atoms with Gasteiger partial charge in [0.25, 0.3) is 5.91 Å². The highest BCUT2D eigenvalue weighted by Crippen LogP contribution is 2.45. The van der Waals surface area contributed by atoms with E-state index in [-0.39, 0.29) is 47.7 Å². The summed E-state index contributed by atoms with van der Waals surface area (Å²) < 4.78 is 51.3. The minimum atomic E-state index is -4.09. The van der Waals surface area contributed by atoms with Crippen molar-refractivity contribution in [3.05, 3.63) is 64.3 Å². The van der Waals surface area contributed by atoms with E-state index >= 15 is 0 Å². The monoisotopic (exact) mass is 971 g/mol. The number of amides is 1. The summed E-state index contributed by atoms with van der Waals surface area (Å²) in [6.07, 6.45) is 8.57. The van der Waals surface area contributed by atoms with E-state index in [2.05, 4.69) is 48.5 Å². The Kier molecular flexibility index (Phi) is 18.3. The summed E-state index contributed by atoms with van der Waals surface area (Å²) in [7, 11) is 0.906. The van der Waals surface area contributed by atoms with Crippen molar-refractivity contribution in [2.75, 3.05) is 96.9 Å². The predicted molar refractivity (Wildman–Crippen MR) is 241 cm³/mol. The third-order valence-corrected chi connectivity index (χ3v) is 14.6. The molecule has 2 fully saturated rings. The van der Waals surface area contributed by atoms with Crippen LogP contribution in [0.1, 0.15) is 67.1 Å². The molecule has 328 valence electrons. The average molecular weight is 972 g/mol. The van der Waals surface area contributed by atoms with Gasteiger partial charge in [-0.3, -0.25) is 14.5 Å². The van der Waals surface area contributed by atoms with E-state index < -0.39 is 21.2 Å². The highest BCUT2D eigenvalue weighted by atomic mass is 127. The van der Waals surface area contributed by atoms with E-state index in [9.17, 15) is 18.0 Å². The van der Waals surface area contributed by atoms with Crippen LogP contribution in [0.4, 0.5) is 5.82 Å². The predicted octanol–water partition coefficient (Wildman–Crippen LogP) is 5.47. The first-order chi connectivity index (χ1) is 28.5. The van der Waals surface area contributed by atoms with Crippen molar-refractivity contribution in [1.82, 2.24) is 19.9 Å². The number of anilines is 1. The number of benzene rings is 1. The maximum absolute atomic E-state index is 13.5. The van der Waals surface area contributed by atoms with Gasteiger partial charge in [0.2, 0.25) is 10.0 Å². The number of ether oxygens (including phenoxy) is 4. The summed E-state index contributed by atoms with van der Waals surface area (Å²) in [6, 6.07) is 9.71. The van der Waals surface area contributed by atoms with Gasteiger partial charge in [-0.15, -0.1) is 0 Å². The standard InChI is InChI=1S/C33H40ClN3O6S.C9H20N2O2.CH3I/c1-21-5-3-7-28(38)25-10-8-23(25)18-37-19-33(15-4-6-22-17-24(34)9-11-26(22)33)20-43-29-13-12-27(35-31(29)37)32(39)36-44(40,41)30(21)14-16-42-2;1-12-7-9(8-13-2)11-5-3-10-4-6-11;1-2/h3,7,9,11-13,17,21,23,25,30H,4-6,8,10,14-16,18-20H2,1-2H3,(H,36,39);9-10H,3-8H2,1-2H3;1H3/b7-3+;;/t21-,23-,25+,30+,33-;;/m0../s1. The molecule has 1 aromatic carbocycles. The van der Waals surface area contributed by atoms with Crippen molar-refractivity contribution in [2.45, 2.75) is 68.6 Å². The zero-order valence-electron chi connectivity index (χ0n) is 35.2. The van der Waals surface area contributed by atoms with E-state index in [1.54, 1.807) is 32.4 Å². The van der Waals surface area contributed by atoms with E-state index in [0.717, 1.165) is 71.5 Å². The minimum Gasteiger partial charge on any atom is -0.489 e. The van der Waals surface area contributed by atoms with E-state index in [0.29, 0.717) is 48.7 Å². The van der Waals surface area contributed by atoms with Gasteiger partial charge in [-0.1, -0.05) is 53.3 Å². The Labute approximate surface area is 369 Å². The lowest BCUT2D eigenvalue weighted by Crippen LogP contribution is -2.51. The van der Waals surface area contributed by atoms with Crippen molar-refractivity contribution < 1.29 is 37.0 Å². The number of fused-ring (bicyclic) bond motifs is 4. The van der Waals surface area contributed by atoms with Crippen molar-refractivity contribution in [2.24, 2.45) is 17.8 Å². The second-order valence-electron chi connectivity index (χ2n) is 16.2. The molecule has 1 spiro atoms. The Morgan fingerprint density at radius 3 is 2.47 bits per heavy atom. The molecule has 13 nitrogen and oxygen atoms in total. The number of sulfonamides is 1. The highest BCUT2D eigenvalue weighted by Gasteiger charge is 2.45. The highest BCUT2D eigenvalue weighted by molar-refractivity contribution is 14.1. The van der Waals surface area contributed by atoms with E-state index in [1.807, 2.05) is 24.0 Å². The van der Waals surface area contributed by atoms with Gasteiger partial charge < -0.3 is 29.2 Å². The zero-order valence-corrected chi connectivity index (χ0v) is 39.0. The maximum atomic E-state index is 13.5. The van der Waals surface area contributed by atoms with Crippen LogP contribution in [0.5, 0.6) is 5.75 Å². The lowest BCUT2D eigenvalue weighted by molar-refractivity contribution is -0.122. The first kappa shape index (κ1) is 47.7. The molecule has 2 aromatic rings. The number of pyridine rings is 1. The number of hydrogen-bond donors (Lipinski definition) is 2. The van der Waals surface area contributed by atoms with Crippen LogP contribution in [0.3, 0.4) is 0 Å². The SMILES string of the molecule is CI.COCC(COC)N1CCNCC1.COCC[C@@H]1[C@@H](C)C/C=C/C(=O)[C@@H]2CC[C@H]2CN2C[C@@]3(CCCc4cc(Cl)ccc43)COc3ccc(nc32)C(=O)NS1(=O)=O. The van der Waals surface area contributed by atoms with Gasteiger partial charge in [-0.2, -0.15) is 0 Å². The summed E-state index contributed by atoms with van der Waals surface area (Å²) in [5.74, 6) is -0.00478. The van der Waals surface area contributed by atoms with Gasteiger partial charge in [-0.25, -0.2) is 18.1 Å². The number of aryl methyl sites for hydroxylation is 1. The summed E-state index contributed by atoms with van der Waals surface area (Å²) in [4.78, 5) is 38.1. The third kappa shape index (κ3) is 12.0. The lowest BCUT2D eigenvalue weighted by atomic mass is 9.69.